The zero-order chi connectivity index (χ0) is 12.3. The van der Waals surface area contributed by atoms with Crippen molar-refractivity contribution >= 4 is 23.2 Å². The van der Waals surface area contributed by atoms with Gasteiger partial charge < -0.3 is 5.11 Å². The summed E-state index contributed by atoms with van der Waals surface area (Å²) in [6, 6.07) is 5.18. The Kier molecular flexibility index (Phi) is 3.94. The Morgan fingerprint density at radius 3 is 2.59 bits per heavy atom. The van der Waals surface area contributed by atoms with Crippen molar-refractivity contribution < 1.29 is 5.11 Å². The second-order valence-corrected chi connectivity index (χ2v) is 4.47. The van der Waals surface area contributed by atoms with Crippen molar-refractivity contribution in [2.24, 2.45) is 0 Å². The molecule has 0 aliphatic heterocycles. The molecule has 0 spiro atoms. The summed E-state index contributed by atoms with van der Waals surface area (Å²) < 4.78 is 0. The number of aliphatic hydroxyl groups excluding tert-OH is 1. The first-order valence-corrected chi connectivity index (χ1v) is 5.79. The minimum absolute atomic E-state index is 0.382. The highest BCUT2D eigenvalue weighted by atomic mass is 35.5. The van der Waals surface area contributed by atoms with Gasteiger partial charge in [-0.3, -0.25) is 0 Å². The predicted octanol–water partition coefficient (Wildman–Crippen LogP) is 3.06. The molecule has 2 rings (SSSR count). The Balaban J connectivity index is 2.18. The Morgan fingerprint density at radius 2 is 1.88 bits per heavy atom. The van der Waals surface area contributed by atoms with Crippen molar-refractivity contribution in [2.45, 2.75) is 12.5 Å². The van der Waals surface area contributed by atoms with E-state index in [2.05, 4.69) is 9.97 Å². The summed E-state index contributed by atoms with van der Waals surface area (Å²) >= 11 is 11.9. The molecule has 1 atom stereocenters. The van der Waals surface area contributed by atoms with Crippen LogP contribution in [-0.4, -0.2) is 15.1 Å². The van der Waals surface area contributed by atoms with Gasteiger partial charge in [0, 0.05) is 34.4 Å². The molecule has 2 aromatic rings. The van der Waals surface area contributed by atoms with Crippen LogP contribution in [0.1, 0.15) is 17.2 Å². The minimum Gasteiger partial charge on any atom is -0.388 e. The zero-order valence-corrected chi connectivity index (χ0v) is 10.4. The van der Waals surface area contributed by atoms with Crippen LogP contribution in [0.5, 0.6) is 0 Å². The Bertz CT molecular complexity index is 505. The van der Waals surface area contributed by atoms with E-state index in [1.165, 1.54) is 6.33 Å². The van der Waals surface area contributed by atoms with Crippen LogP contribution in [0.3, 0.4) is 0 Å². The molecule has 0 saturated carbocycles. The van der Waals surface area contributed by atoms with Crippen LogP contribution in [0, 0.1) is 0 Å². The quantitative estimate of drug-likeness (QED) is 0.931. The molecule has 0 fully saturated rings. The number of hydrogen-bond acceptors (Lipinski definition) is 3. The average Bonchev–Trinajstić information content (AvgIpc) is 2.35. The van der Waals surface area contributed by atoms with E-state index in [0.717, 1.165) is 5.56 Å². The van der Waals surface area contributed by atoms with E-state index >= 15 is 0 Å². The summed E-state index contributed by atoms with van der Waals surface area (Å²) in [5.41, 5.74) is 1.46. The van der Waals surface area contributed by atoms with Crippen molar-refractivity contribution in [1.29, 1.82) is 0 Å². The monoisotopic (exact) mass is 268 g/mol. The van der Waals surface area contributed by atoms with E-state index in [0.29, 0.717) is 22.0 Å². The number of rotatable bonds is 3. The van der Waals surface area contributed by atoms with E-state index in [-0.39, 0.29) is 0 Å². The summed E-state index contributed by atoms with van der Waals surface area (Å²) in [7, 11) is 0. The summed E-state index contributed by atoms with van der Waals surface area (Å²) in [6.07, 6.45) is 4.27. The van der Waals surface area contributed by atoms with Gasteiger partial charge in [0.2, 0.25) is 0 Å². The molecule has 0 radical (unpaired) electrons. The fourth-order valence-electron chi connectivity index (χ4n) is 1.51. The maximum Gasteiger partial charge on any atom is 0.115 e. The number of aliphatic hydroxyl groups is 1. The van der Waals surface area contributed by atoms with Crippen molar-refractivity contribution in [1.82, 2.24) is 9.97 Å². The van der Waals surface area contributed by atoms with Crippen molar-refractivity contribution in [3.05, 3.63) is 58.1 Å². The lowest BCUT2D eigenvalue weighted by Gasteiger charge is -2.11. The van der Waals surface area contributed by atoms with E-state index in [4.69, 9.17) is 23.2 Å². The Hall–Kier alpha value is -1.16. The smallest absolute Gasteiger partial charge is 0.115 e. The molecule has 0 amide bonds. The topological polar surface area (TPSA) is 46.0 Å². The van der Waals surface area contributed by atoms with Gasteiger partial charge in [-0.05, 0) is 23.8 Å². The highest BCUT2D eigenvalue weighted by Gasteiger charge is 2.11. The summed E-state index contributed by atoms with van der Waals surface area (Å²) in [5.74, 6) is 0. The first-order chi connectivity index (χ1) is 8.16. The Labute approximate surface area is 109 Å². The maximum absolute atomic E-state index is 10.0. The zero-order valence-electron chi connectivity index (χ0n) is 8.85. The molecule has 0 aliphatic rings. The van der Waals surface area contributed by atoms with Gasteiger partial charge in [0.15, 0.2) is 0 Å². The van der Waals surface area contributed by atoms with Crippen LogP contribution in [0.15, 0.2) is 36.9 Å². The fourth-order valence-corrected chi connectivity index (χ4v) is 1.90. The molecule has 88 valence electrons. The van der Waals surface area contributed by atoms with Gasteiger partial charge in [-0.1, -0.05) is 23.2 Å². The number of benzene rings is 1. The molecule has 0 bridgehead atoms. The van der Waals surface area contributed by atoms with E-state index in [9.17, 15) is 5.11 Å². The highest BCUT2D eigenvalue weighted by Crippen LogP contribution is 2.25. The normalized spacial score (nSPS) is 12.4. The van der Waals surface area contributed by atoms with Crippen LogP contribution in [0.25, 0.3) is 0 Å². The summed E-state index contributed by atoms with van der Waals surface area (Å²) in [5, 5.41) is 11.2. The van der Waals surface area contributed by atoms with Gasteiger partial charge in [-0.2, -0.15) is 0 Å². The molecule has 5 heteroatoms. The standard InChI is InChI=1S/C12H10Cl2N2O/c13-10-1-2-11(14)8(3-10)4-12(17)9-5-15-7-16-6-9/h1-3,5-7,12,17H,4H2. The Morgan fingerprint density at radius 1 is 1.18 bits per heavy atom. The van der Waals surface area contributed by atoms with Gasteiger partial charge in [0.05, 0.1) is 6.10 Å². The molecule has 1 N–H and O–H groups in total. The third-order valence-corrected chi connectivity index (χ3v) is 2.99. The van der Waals surface area contributed by atoms with Gasteiger partial charge in [-0.25, -0.2) is 9.97 Å². The van der Waals surface area contributed by atoms with Gasteiger partial charge in [0.25, 0.3) is 0 Å². The van der Waals surface area contributed by atoms with E-state index in [1.54, 1.807) is 30.6 Å². The highest BCUT2D eigenvalue weighted by molar-refractivity contribution is 6.33. The van der Waals surface area contributed by atoms with E-state index < -0.39 is 6.10 Å². The lowest BCUT2D eigenvalue weighted by Crippen LogP contribution is -2.03. The molecule has 0 saturated heterocycles. The van der Waals surface area contributed by atoms with Crippen LogP contribution >= 0.6 is 23.2 Å². The average molecular weight is 269 g/mol. The second-order valence-electron chi connectivity index (χ2n) is 3.63. The largest absolute Gasteiger partial charge is 0.388 e. The molecule has 1 heterocycles. The molecular formula is C12H10Cl2N2O. The molecule has 3 nitrogen and oxygen atoms in total. The fraction of sp³-hybridized carbons (Fsp3) is 0.167. The third-order valence-electron chi connectivity index (χ3n) is 2.39. The number of nitrogens with zero attached hydrogens (tertiary/aromatic N) is 2. The van der Waals surface area contributed by atoms with Gasteiger partial charge in [0.1, 0.15) is 6.33 Å². The van der Waals surface area contributed by atoms with Crippen molar-refractivity contribution in [2.75, 3.05) is 0 Å². The molecule has 1 aromatic heterocycles. The third kappa shape index (κ3) is 3.16. The van der Waals surface area contributed by atoms with Crippen molar-refractivity contribution in [3.8, 4) is 0 Å². The summed E-state index contributed by atoms with van der Waals surface area (Å²) in [6.45, 7) is 0. The molecular weight excluding hydrogens is 259 g/mol. The van der Waals surface area contributed by atoms with Gasteiger partial charge in [-0.15, -0.1) is 0 Å². The minimum atomic E-state index is -0.688. The van der Waals surface area contributed by atoms with Crippen LogP contribution in [0.4, 0.5) is 0 Å². The van der Waals surface area contributed by atoms with Gasteiger partial charge >= 0.3 is 0 Å². The van der Waals surface area contributed by atoms with Crippen molar-refractivity contribution in [3.63, 3.8) is 0 Å². The van der Waals surface area contributed by atoms with Crippen LogP contribution in [0.2, 0.25) is 10.0 Å². The number of hydrogen-bond donors (Lipinski definition) is 1. The first kappa shape index (κ1) is 12.3. The lowest BCUT2D eigenvalue weighted by molar-refractivity contribution is 0.177. The van der Waals surface area contributed by atoms with Crippen LogP contribution in [-0.2, 0) is 6.42 Å². The summed E-state index contributed by atoms with van der Waals surface area (Å²) in [4.78, 5) is 7.71. The lowest BCUT2D eigenvalue weighted by atomic mass is 10.0. The van der Waals surface area contributed by atoms with Crippen LogP contribution < -0.4 is 0 Å². The molecule has 17 heavy (non-hydrogen) atoms. The SMILES string of the molecule is OC(Cc1cc(Cl)ccc1Cl)c1cncnc1. The van der Waals surface area contributed by atoms with E-state index in [1.807, 2.05) is 0 Å². The molecule has 1 aromatic carbocycles. The molecule has 0 aliphatic carbocycles. The number of aromatic nitrogens is 2. The predicted molar refractivity (Wildman–Crippen MR) is 67.2 cm³/mol. The first-order valence-electron chi connectivity index (χ1n) is 5.03. The molecule has 1 unspecified atom stereocenters. The second kappa shape index (κ2) is 5.45. The maximum atomic E-state index is 10.0. The number of halogens is 2.